The summed E-state index contributed by atoms with van der Waals surface area (Å²) < 4.78 is 7.23. The molecule has 1 saturated carbocycles. The molecule has 3 aliphatic rings. The molecular weight excluding hydrogens is 454 g/mol. The lowest BCUT2D eigenvalue weighted by Crippen LogP contribution is -2.66. The molecule has 1 aliphatic carbocycles. The monoisotopic (exact) mass is 493 g/mol. The molecule has 0 bridgehead atoms. The standard InChI is InChI=1S/C28H39N5O3/c1-3-21-9-11-22(12-10-21)24-19-25-26(34)32(14-13-31-15-17-36-18-16-31)28(2,20-33(25)30-24)27(35)29-23-7-5-4-6-8-23/h9-12,19,23H,3-8,13-18,20H2,1-2H3,(H,29,35)/t28-/m1/s1. The van der Waals surface area contributed by atoms with Crippen molar-refractivity contribution in [1.29, 1.82) is 0 Å². The van der Waals surface area contributed by atoms with Gasteiger partial charge in [0.05, 0.1) is 25.5 Å². The summed E-state index contributed by atoms with van der Waals surface area (Å²) in [5.74, 6) is -0.195. The van der Waals surface area contributed by atoms with Gasteiger partial charge in [0.15, 0.2) is 0 Å². The highest BCUT2D eigenvalue weighted by Crippen LogP contribution is 2.31. The molecule has 0 radical (unpaired) electrons. The number of ether oxygens (including phenoxy) is 1. The Morgan fingerprint density at radius 2 is 1.83 bits per heavy atom. The van der Waals surface area contributed by atoms with Crippen LogP contribution < -0.4 is 5.32 Å². The minimum Gasteiger partial charge on any atom is -0.379 e. The second-order valence-electron chi connectivity index (χ2n) is 10.6. The fourth-order valence-corrected chi connectivity index (χ4v) is 5.70. The molecule has 2 amide bonds. The van der Waals surface area contributed by atoms with Crippen LogP contribution in [0.4, 0.5) is 0 Å². The summed E-state index contributed by atoms with van der Waals surface area (Å²) in [6.45, 7) is 8.73. The highest BCUT2D eigenvalue weighted by Gasteiger charge is 2.48. The van der Waals surface area contributed by atoms with Gasteiger partial charge in [0.25, 0.3) is 5.91 Å². The Hall–Kier alpha value is -2.71. The van der Waals surface area contributed by atoms with Gasteiger partial charge in [-0.25, -0.2) is 0 Å². The van der Waals surface area contributed by atoms with Crippen LogP contribution in [0.5, 0.6) is 0 Å². The average Bonchev–Trinajstić information content (AvgIpc) is 3.33. The lowest BCUT2D eigenvalue weighted by atomic mass is 9.91. The largest absolute Gasteiger partial charge is 0.379 e. The average molecular weight is 494 g/mol. The zero-order chi connectivity index (χ0) is 25.1. The minimum absolute atomic E-state index is 0.0697. The van der Waals surface area contributed by atoms with Crippen LogP contribution >= 0.6 is 0 Å². The molecule has 0 spiro atoms. The predicted octanol–water partition coefficient (Wildman–Crippen LogP) is 3.11. The molecule has 8 nitrogen and oxygen atoms in total. The lowest BCUT2D eigenvalue weighted by molar-refractivity contribution is -0.134. The van der Waals surface area contributed by atoms with Gasteiger partial charge in [-0.15, -0.1) is 0 Å². The molecule has 1 atom stereocenters. The maximum absolute atomic E-state index is 13.9. The molecule has 36 heavy (non-hydrogen) atoms. The molecule has 2 fully saturated rings. The van der Waals surface area contributed by atoms with E-state index in [0.717, 1.165) is 63.0 Å². The zero-order valence-corrected chi connectivity index (χ0v) is 21.7. The van der Waals surface area contributed by atoms with Crippen molar-refractivity contribution >= 4 is 11.8 Å². The van der Waals surface area contributed by atoms with Gasteiger partial charge >= 0.3 is 0 Å². The van der Waals surface area contributed by atoms with Gasteiger partial charge < -0.3 is 15.0 Å². The van der Waals surface area contributed by atoms with Crippen molar-refractivity contribution in [2.75, 3.05) is 39.4 Å². The maximum Gasteiger partial charge on any atom is 0.273 e. The van der Waals surface area contributed by atoms with E-state index in [1.807, 2.05) is 13.0 Å². The maximum atomic E-state index is 13.9. The Bertz CT molecular complexity index is 1070. The van der Waals surface area contributed by atoms with Crippen LogP contribution in [-0.2, 0) is 22.5 Å². The van der Waals surface area contributed by atoms with Crippen molar-refractivity contribution in [1.82, 2.24) is 24.9 Å². The number of hydrogen-bond acceptors (Lipinski definition) is 5. The van der Waals surface area contributed by atoms with Crippen LogP contribution in [0.3, 0.4) is 0 Å². The number of amides is 2. The number of nitrogens with zero attached hydrogens (tertiary/aromatic N) is 4. The van der Waals surface area contributed by atoms with E-state index in [9.17, 15) is 9.59 Å². The first-order valence-corrected chi connectivity index (χ1v) is 13.6. The third kappa shape index (κ3) is 5.06. The highest BCUT2D eigenvalue weighted by atomic mass is 16.5. The number of hydrogen-bond donors (Lipinski definition) is 1. The first kappa shape index (κ1) is 25.0. The summed E-state index contributed by atoms with van der Waals surface area (Å²) in [7, 11) is 0. The Balaban J connectivity index is 1.42. The fourth-order valence-electron chi connectivity index (χ4n) is 5.70. The van der Waals surface area contributed by atoms with E-state index < -0.39 is 5.54 Å². The molecule has 2 aliphatic heterocycles. The van der Waals surface area contributed by atoms with Crippen LogP contribution in [-0.4, -0.2) is 82.4 Å². The molecule has 3 heterocycles. The van der Waals surface area contributed by atoms with Gasteiger partial charge in [-0.3, -0.25) is 19.2 Å². The van der Waals surface area contributed by atoms with Crippen LogP contribution in [0.25, 0.3) is 11.3 Å². The van der Waals surface area contributed by atoms with Crippen molar-refractivity contribution < 1.29 is 14.3 Å². The summed E-state index contributed by atoms with van der Waals surface area (Å²) in [6, 6.07) is 10.4. The minimum atomic E-state index is -0.997. The van der Waals surface area contributed by atoms with Crippen LogP contribution in [0, 0.1) is 0 Å². The molecule has 1 aromatic heterocycles. The van der Waals surface area contributed by atoms with E-state index in [1.165, 1.54) is 12.0 Å². The number of fused-ring (bicyclic) bond motifs is 1. The topological polar surface area (TPSA) is 79.7 Å². The number of aromatic nitrogens is 2. The van der Waals surface area contributed by atoms with E-state index >= 15 is 0 Å². The van der Waals surface area contributed by atoms with Gasteiger partial charge in [-0.05, 0) is 37.8 Å². The number of benzene rings is 1. The zero-order valence-electron chi connectivity index (χ0n) is 21.7. The second-order valence-corrected chi connectivity index (χ2v) is 10.6. The first-order valence-electron chi connectivity index (χ1n) is 13.6. The molecule has 2 aromatic rings. The summed E-state index contributed by atoms with van der Waals surface area (Å²) >= 11 is 0. The van der Waals surface area contributed by atoms with Crippen LogP contribution in [0.1, 0.15) is 62.0 Å². The molecule has 1 aromatic carbocycles. The summed E-state index contributed by atoms with van der Waals surface area (Å²) in [5, 5.41) is 8.09. The quantitative estimate of drug-likeness (QED) is 0.641. The normalized spacial score (nSPS) is 23.5. The lowest BCUT2D eigenvalue weighted by Gasteiger charge is -2.44. The molecule has 0 unspecified atom stereocenters. The summed E-state index contributed by atoms with van der Waals surface area (Å²) in [4.78, 5) is 31.8. The predicted molar refractivity (Wildman–Crippen MR) is 139 cm³/mol. The number of carbonyl (C=O) groups is 2. The van der Waals surface area contributed by atoms with Crippen LogP contribution in [0.2, 0.25) is 0 Å². The molecule has 1 saturated heterocycles. The fraction of sp³-hybridized carbons (Fsp3) is 0.607. The Morgan fingerprint density at radius 3 is 2.53 bits per heavy atom. The van der Waals surface area contributed by atoms with E-state index in [1.54, 1.807) is 9.58 Å². The number of morpholine rings is 1. The Kier molecular flexibility index (Phi) is 7.44. The van der Waals surface area contributed by atoms with E-state index in [0.29, 0.717) is 32.0 Å². The molecule has 194 valence electrons. The van der Waals surface area contributed by atoms with Crippen molar-refractivity contribution in [2.24, 2.45) is 0 Å². The van der Waals surface area contributed by atoms with Gasteiger partial charge in [0.2, 0.25) is 5.91 Å². The van der Waals surface area contributed by atoms with Crippen molar-refractivity contribution in [3.63, 3.8) is 0 Å². The number of carbonyl (C=O) groups excluding carboxylic acids is 2. The molecule has 8 heteroatoms. The Morgan fingerprint density at radius 1 is 1.11 bits per heavy atom. The summed E-state index contributed by atoms with van der Waals surface area (Å²) in [5.41, 5.74) is 2.57. The number of aryl methyl sites for hydroxylation is 1. The Labute approximate surface area is 214 Å². The van der Waals surface area contributed by atoms with Crippen molar-refractivity contribution in [3.8, 4) is 11.3 Å². The molecular formula is C28H39N5O3. The SMILES string of the molecule is CCc1ccc(-c2cc3n(n2)C[C@](C)(C(=O)NC2CCCCC2)N(CCN2CCOCC2)C3=O)cc1. The number of rotatable bonds is 7. The highest BCUT2D eigenvalue weighted by molar-refractivity contribution is 6.00. The van der Waals surface area contributed by atoms with E-state index in [-0.39, 0.29) is 17.9 Å². The van der Waals surface area contributed by atoms with Crippen molar-refractivity contribution in [3.05, 3.63) is 41.6 Å². The first-order chi connectivity index (χ1) is 17.5. The number of nitrogens with one attached hydrogen (secondary N) is 1. The third-order valence-electron chi connectivity index (χ3n) is 8.13. The van der Waals surface area contributed by atoms with E-state index in [2.05, 4.69) is 41.4 Å². The van der Waals surface area contributed by atoms with Gasteiger partial charge in [-0.1, -0.05) is 50.5 Å². The smallest absolute Gasteiger partial charge is 0.273 e. The van der Waals surface area contributed by atoms with Crippen molar-refractivity contribution in [2.45, 2.75) is 70.5 Å². The summed E-state index contributed by atoms with van der Waals surface area (Å²) in [6.07, 6.45) is 6.51. The molecule has 5 rings (SSSR count). The van der Waals surface area contributed by atoms with Gasteiger partial charge in [-0.2, -0.15) is 5.10 Å². The van der Waals surface area contributed by atoms with Crippen LogP contribution in [0.15, 0.2) is 30.3 Å². The third-order valence-corrected chi connectivity index (χ3v) is 8.13. The second kappa shape index (κ2) is 10.7. The van der Waals surface area contributed by atoms with Gasteiger partial charge in [0, 0.05) is 37.8 Å². The molecule has 1 N–H and O–H groups in total. The van der Waals surface area contributed by atoms with Gasteiger partial charge in [0.1, 0.15) is 11.2 Å². The van der Waals surface area contributed by atoms with E-state index in [4.69, 9.17) is 9.84 Å².